The fourth-order valence-electron chi connectivity index (χ4n) is 3.13. The third kappa shape index (κ3) is 2.65. The molecule has 0 aromatic carbocycles. The summed E-state index contributed by atoms with van der Waals surface area (Å²) < 4.78 is 1.82. The second kappa shape index (κ2) is 5.48. The van der Waals surface area contributed by atoms with Gasteiger partial charge < -0.3 is 10.6 Å². The van der Waals surface area contributed by atoms with Gasteiger partial charge in [0.2, 0.25) is 0 Å². The predicted octanol–water partition coefficient (Wildman–Crippen LogP) is 0.193. The normalized spacial score (nSPS) is 22.6. The van der Waals surface area contributed by atoms with Crippen LogP contribution in [0, 0.1) is 5.92 Å². The van der Waals surface area contributed by atoms with Gasteiger partial charge in [0, 0.05) is 25.5 Å². The van der Waals surface area contributed by atoms with Gasteiger partial charge in [-0.05, 0) is 37.9 Å². The number of aromatic nitrogens is 2. The molecule has 3 amide bonds. The van der Waals surface area contributed by atoms with Crippen LogP contribution in [-0.2, 0) is 11.3 Å². The highest BCUT2D eigenvalue weighted by Crippen LogP contribution is 2.27. The molecule has 0 bridgehead atoms. The Labute approximate surface area is 123 Å². The van der Waals surface area contributed by atoms with E-state index in [0.29, 0.717) is 25.9 Å². The van der Waals surface area contributed by atoms with Crippen molar-refractivity contribution >= 4 is 11.9 Å². The molecular weight excluding hydrogens is 270 g/mol. The number of nitrogens with zero attached hydrogens (tertiary/aromatic N) is 3. The standard InChI is InChI=1S/C14H21N5O2/c1-11(9-18-8-2-5-16-18)10-19-12(20)14(17-13(19)21)3-6-15-7-4-14/h2,5,8,11,15H,3-4,6-7,9-10H2,1H3,(H,17,21). The van der Waals surface area contributed by atoms with Gasteiger partial charge in [0.15, 0.2) is 0 Å². The van der Waals surface area contributed by atoms with Gasteiger partial charge in [0.05, 0.1) is 0 Å². The number of carbonyl (C=O) groups excluding carboxylic acids is 2. The van der Waals surface area contributed by atoms with Crippen LogP contribution in [0.3, 0.4) is 0 Å². The van der Waals surface area contributed by atoms with Crippen molar-refractivity contribution in [3.8, 4) is 0 Å². The molecule has 2 aliphatic heterocycles. The van der Waals surface area contributed by atoms with E-state index in [2.05, 4.69) is 15.7 Å². The van der Waals surface area contributed by atoms with Crippen LogP contribution in [0.15, 0.2) is 18.5 Å². The van der Waals surface area contributed by atoms with E-state index in [0.717, 1.165) is 13.1 Å². The summed E-state index contributed by atoms with van der Waals surface area (Å²) >= 11 is 0. The molecule has 3 rings (SSSR count). The zero-order chi connectivity index (χ0) is 14.9. The maximum absolute atomic E-state index is 12.6. The van der Waals surface area contributed by atoms with Crippen molar-refractivity contribution in [1.82, 2.24) is 25.3 Å². The Morgan fingerprint density at radius 3 is 2.76 bits per heavy atom. The van der Waals surface area contributed by atoms with Gasteiger partial charge in [-0.2, -0.15) is 5.10 Å². The fourth-order valence-corrected chi connectivity index (χ4v) is 3.13. The summed E-state index contributed by atoms with van der Waals surface area (Å²) in [4.78, 5) is 26.1. The minimum absolute atomic E-state index is 0.0682. The Morgan fingerprint density at radius 1 is 1.33 bits per heavy atom. The molecule has 2 N–H and O–H groups in total. The van der Waals surface area contributed by atoms with Crippen LogP contribution >= 0.6 is 0 Å². The molecule has 114 valence electrons. The molecule has 2 fully saturated rings. The molecule has 2 saturated heterocycles. The Bertz CT molecular complexity index is 521. The largest absolute Gasteiger partial charge is 0.325 e. The molecule has 21 heavy (non-hydrogen) atoms. The molecule has 7 heteroatoms. The van der Waals surface area contributed by atoms with Crippen molar-refractivity contribution in [2.24, 2.45) is 5.92 Å². The smallest absolute Gasteiger partial charge is 0.323 e. The third-order valence-corrected chi connectivity index (χ3v) is 4.26. The van der Waals surface area contributed by atoms with Gasteiger partial charge in [-0.15, -0.1) is 0 Å². The number of hydrogen-bond donors (Lipinski definition) is 2. The third-order valence-electron chi connectivity index (χ3n) is 4.26. The molecule has 2 aliphatic rings. The van der Waals surface area contributed by atoms with Gasteiger partial charge in [-0.25, -0.2) is 4.79 Å². The second-order valence-corrected chi connectivity index (χ2v) is 6.01. The van der Waals surface area contributed by atoms with Crippen LogP contribution in [0.5, 0.6) is 0 Å². The molecule has 0 radical (unpaired) electrons. The van der Waals surface area contributed by atoms with Crippen LogP contribution in [0.1, 0.15) is 19.8 Å². The molecule has 3 heterocycles. The quantitative estimate of drug-likeness (QED) is 0.776. The van der Waals surface area contributed by atoms with Crippen LogP contribution < -0.4 is 10.6 Å². The summed E-state index contributed by atoms with van der Waals surface area (Å²) in [6.07, 6.45) is 4.95. The topological polar surface area (TPSA) is 79.3 Å². The highest BCUT2D eigenvalue weighted by molar-refractivity contribution is 6.07. The summed E-state index contributed by atoms with van der Waals surface area (Å²) in [6, 6.07) is 1.61. The highest BCUT2D eigenvalue weighted by atomic mass is 16.2. The van der Waals surface area contributed by atoms with Crippen molar-refractivity contribution in [2.45, 2.75) is 31.8 Å². The van der Waals surface area contributed by atoms with E-state index in [-0.39, 0.29) is 17.9 Å². The molecular formula is C14H21N5O2. The lowest BCUT2D eigenvalue weighted by molar-refractivity contribution is -0.132. The first-order valence-electron chi connectivity index (χ1n) is 7.43. The first-order valence-corrected chi connectivity index (χ1v) is 7.43. The number of rotatable bonds is 4. The minimum atomic E-state index is -0.673. The SMILES string of the molecule is CC(CN1C(=O)NC2(CCNCC2)C1=O)Cn1cccn1. The highest BCUT2D eigenvalue weighted by Gasteiger charge is 2.51. The van der Waals surface area contributed by atoms with Gasteiger partial charge in [-0.1, -0.05) is 6.92 Å². The van der Waals surface area contributed by atoms with E-state index >= 15 is 0 Å². The molecule has 1 atom stereocenters. The van der Waals surface area contributed by atoms with Crippen LogP contribution in [0.4, 0.5) is 4.79 Å². The molecule has 7 nitrogen and oxygen atoms in total. The Kier molecular flexibility index (Phi) is 3.67. The van der Waals surface area contributed by atoms with E-state index in [1.807, 2.05) is 23.9 Å². The van der Waals surface area contributed by atoms with Crippen LogP contribution in [0.25, 0.3) is 0 Å². The zero-order valence-corrected chi connectivity index (χ0v) is 12.2. The second-order valence-electron chi connectivity index (χ2n) is 6.01. The van der Waals surface area contributed by atoms with E-state index in [4.69, 9.17) is 0 Å². The lowest BCUT2D eigenvalue weighted by atomic mass is 9.88. The summed E-state index contributed by atoms with van der Waals surface area (Å²) in [5.74, 6) is 0.0952. The Hall–Kier alpha value is -1.89. The van der Waals surface area contributed by atoms with Gasteiger partial charge in [0.1, 0.15) is 5.54 Å². The summed E-state index contributed by atoms with van der Waals surface area (Å²) in [5, 5.41) is 10.3. The lowest BCUT2D eigenvalue weighted by Gasteiger charge is -2.31. The zero-order valence-electron chi connectivity index (χ0n) is 12.2. The van der Waals surface area contributed by atoms with Crippen molar-refractivity contribution in [3.63, 3.8) is 0 Å². The molecule has 1 unspecified atom stereocenters. The lowest BCUT2D eigenvalue weighted by Crippen LogP contribution is -2.54. The summed E-state index contributed by atoms with van der Waals surface area (Å²) in [5.41, 5.74) is -0.673. The van der Waals surface area contributed by atoms with Crippen LogP contribution in [0.2, 0.25) is 0 Å². The van der Waals surface area contributed by atoms with E-state index in [9.17, 15) is 9.59 Å². The maximum Gasteiger partial charge on any atom is 0.325 e. The minimum Gasteiger partial charge on any atom is -0.323 e. The van der Waals surface area contributed by atoms with E-state index < -0.39 is 5.54 Å². The molecule has 0 saturated carbocycles. The molecule has 1 aromatic heterocycles. The molecule has 0 aliphatic carbocycles. The van der Waals surface area contributed by atoms with Gasteiger partial charge >= 0.3 is 6.03 Å². The Morgan fingerprint density at radius 2 is 2.10 bits per heavy atom. The first-order chi connectivity index (χ1) is 10.1. The number of hydrogen-bond acceptors (Lipinski definition) is 4. The number of imide groups is 1. The number of nitrogens with one attached hydrogen (secondary N) is 2. The average Bonchev–Trinajstić information content (AvgIpc) is 3.04. The maximum atomic E-state index is 12.6. The van der Waals surface area contributed by atoms with Crippen LogP contribution in [-0.4, -0.2) is 51.8 Å². The van der Waals surface area contributed by atoms with Crippen molar-refractivity contribution in [2.75, 3.05) is 19.6 Å². The summed E-state index contributed by atoms with van der Waals surface area (Å²) in [7, 11) is 0. The van der Waals surface area contributed by atoms with Gasteiger partial charge in [-0.3, -0.25) is 14.4 Å². The average molecular weight is 291 g/mol. The predicted molar refractivity (Wildman–Crippen MR) is 76.5 cm³/mol. The Balaban J connectivity index is 1.65. The number of urea groups is 1. The molecule has 1 aromatic rings. The van der Waals surface area contributed by atoms with Crippen molar-refractivity contribution in [1.29, 1.82) is 0 Å². The van der Waals surface area contributed by atoms with Crippen molar-refractivity contribution < 1.29 is 9.59 Å². The van der Waals surface area contributed by atoms with Crippen molar-refractivity contribution in [3.05, 3.63) is 18.5 Å². The fraction of sp³-hybridized carbons (Fsp3) is 0.643. The summed E-state index contributed by atoms with van der Waals surface area (Å²) in [6.45, 7) is 4.68. The monoisotopic (exact) mass is 291 g/mol. The number of piperidine rings is 1. The number of amides is 3. The van der Waals surface area contributed by atoms with Gasteiger partial charge in [0.25, 0.3) is 5.91 Å². The number of carbonyl (C=O) groups is 2. The van der Waals surface area contributed by atoms with E-state index in [1.54, 1.807) is 6.20 Å². The first kappa shape index (κ1) is 14.1. The molecule has 1 spiro atoms. The van der Waals surface area contributed by atoms with E-state index in [1.165, 1.54) is 4.90 Å².